The van der Waals surface area contributed by atoms with Crippen LogP contribution in [0.15, 0.2) is 18.2 Å². The quantitative estimate of drug-likeness (QED) is 0.769. The molecule has 1 aliphatic rings. The molecule has 3 N–H and O–H groups in total. The van der Waals surface area contributed by atoms with Crippen molar-refractivity contribution in [2.75, 3.05) is 43.9 Å². The Balaban J connectivity index is 2.05. The van der Waals surface area contributed by atoms with Crippen molar-refractivity contribution >= 4 is 17.5 Å². The molecule has 98 valence electrons. The van der Waals surface area contributed by atoms with Crippen LogP contribution in [0.3, 0.4) is 0 Å². The van der Waals surface area contributed by atoms with E-state index in [1.807, 2.05) is 18.2 Å². The number of benzene rings is 1. The minimum atomic E-state index is -0.858. The van der Waals surface area contributed by atoms with Gasteiger partial charge in [-0.1, -0.05) is 0 Å². The number of nitrogens with two attached hydrogens (primary N) is 1. The molecule has 2 rings (SSSR count). The molecule has 1 aromatic rings. The van der Waals surface area contributed by atoms with Crippen LogP contribution in [0.2, 0.25) is 0 Å². The molecule has 6 heteroatoms. The van der Waals surface area contributed by atoms with Crippen LogP contribution in [0.1, 0.15) is 0 Å². The second-order valence-electron chi connectivity index (χ2n) is 4.18. The van der Waals surface area contributed by atoms with E-state index in [1.54, 1.807) is 7.11 Å². The van der Waals surface area contributed by atoms with Gasteiger partial charge in [0.25, 0.3) is 0 Å². The number of nitrogens with zero attached hydrogens (tertiary/aromatic N) is 2. The maximum absolute atomic E-state index is 10.8. The maximum atomic E-state index is 10.8. The van der Waals surface area contributed by atoms with Crippen molar-refractivity contribution in [1.29, 1.82) is 0 Å². The zero-order chi connectivity index (χ0) is 13.1. The molecule has 1 amide bonds. The Labute approximate surface area is 106 Å². The predicted molar refractivity (Wildman–Crippen MR) is 69.2 cm³/mol. The Morgan fingerprint density at radius 2 is 2.00 bits per heavy atom. The Bertz CT molecular complexity index is 442. The molecule has 0 bridgehead atoms. The molecule has 1 saturated heterocycles. The van der Waals surface area contributed by atoms with Gasteiger partial charge in [-0.25, -0.2) is 4.79 Å². The van der Waals surface area contributed by atoms with Gasteiger partial charge in [-0.3, -0.25) is 0 Å². The molecular weight excluding hydrogens is 234 g/mol. The third-order valence-corrected chi connectivity index (χ3v) is 3.13. The molecule has 0 aromatic heterocycles. The number of anilines is 2. The zero-order valence-electron chi connectivity index (χ0n) is 10.3. The number of piperazine rings is 1. The zero-order valence-corrected chi connectivity index (χ0v) is 10.3. The second-order valence-corrected chi connectivity index (χ2v) is 4.18. The SMILES string of the molecule is COc1ccc(N2CCN(C(=O)O)CC2)cc1N. The third kappa shape index (κ3) is 2.42. The largest absolute Gasteiger partial charge is 0.495 e. The summed E-state index contributed by atoms with van der Waals surface area (Å²) >= 11 is 0. The van der Waals surface area contributed by atoms with Gasteiger partial charge in [0.2, 0.25) is 0 Å². The van der Waals surface area contributed by atoms with Crippen molar-refractivity contribution in [3.05, 3.63) is 18.2 Å². The van der Waals surface area contributed by atoms with Crippen LogP contribution in [0, 0.1) is 0 Å². The van der Waals surface area contributed by atoms with E-state index in [0.29, 0.717) is 37.6 Å². The Morgan fingerprint density at radius 1 is 1.33 bits per heavy atom. The van der Waals surface area contributed by atoms with E-state index in [-0.39, 0.29) is 0 Å². The lowest BCUT2D eigenvalue weighted by molar-refractivity contribution is 0.142. The monoisotopic (exact) mass is 251 g/mol. The molecule has 18 heavy (non-hydrogen) atoms. The van der Waals surface area contributed by atoms with Crippen LogP contribution >= 0.6 is 0 Å². The van der Waals surface area contributed by atoms with Gasteiger partial charge in [0.05, 0.1) is 12.8 Å². The van der Waals surface area contributed by atoms with E-state index in [0.717, 1.165) is 5.69 Å². The highest BCUT2D eigenvalue weighted by Gasteiger charge is 2.20. The summed E-state index contributed by atoms with van der Waals surface area (Å²) in [4.78, 5) is 14.3. The summed E-state index contributed by atoms with van der Waals surface area (Å²) in [6.07, 6.45) is -0.858. The summed E-state index contributed by atoms with van der Waals surface area (Å²) in [5, 5.41) is 8.88. The molecule has 0 saturated carbocycles. The molecule has 1 fully saturated rings. The van der Waals surface area contributed by atoms with Gasteiger partial charge in [0, 0.05) is 31.9 Å². The van der Waals surface area contributed by atoms with Crippen molar-refractivity contribution in [3.63, 3.8) is 0 Å². The van der Waals surface area contributed by atoms with Gasteiger partial charge in [-0.05, 0) is 18.2 Å². The van der Waals surface area contributed by atoms with Gasteiger partial charge >= 0.3 is 6.09 Å². The van der Waals surface area contributed by atoms with E-state index in [4.69, 9.17) is 15.6 Å². The van der Waals surface area contributed by atoms with Crippen molar-refractivity contribution < 1.29 is 14.6 Å². The molecule has 6 nitrogen and oxygen atoms in total. The van der Waals surface area contributed by atoms with E-state index in [9.17, 15) is 4.79 Å². The fraction of sp³-hybridized carbons (Fsp3) is 0.417. The number of methoxy groups -OCH3 is 1. The Morgan fingerprint density at radius 3 is 2.50 bits per heavy atom. The van der Waals surface area contributed by atoms with Crippen LogP contribution in [-0.2, 0) is 0 Å². The van der Waals surface area contributed by atoms with Crippen LogP contribution < -0.4 is 15.4 Å². The van der Waals surface area contributed by atoms with Crippen LogP contribution in [0.25, 0.3) is 0 Å². The first-order valence-corrected chi connectivity index (χ1v) is 5.78. The van der Waals surface area contributed by atoms with E-state index in [1.165, 1.54) is 4.90 Å². The lowest BCUT2D eigenvalue weighted by atomic mass is 10.2. The van der Waals surface area contributed by atoms with Crippen molar-refractivity contribution in [1.82, 2.24) is 4.90 Å². The standard InChI is InChI=1S/C12H17N3O3/c1-18-11-3-2-9(8-10(11)13)14-4-6-15(7-5-14)12(16)17/h2-3,8H,4-7,13H2,1H3,(H,16,17). The second kappa shape index (κ2) is 5.03. The summed E-state index contributed by atoms with van der Waals surface area (Å²) in [6.45, 7) is 2.39. The Kier molecular flexibility index (Phi) is 3.45. The molecule has 0 aliphatic carbocycles. The van der Waals surface area contributed by atoms with Gasteiger partial charge in [-0.2, -0.15) is 0 Å². The maximum Gasteiger partial charge on any atom is 0.407 e. The van der Waals surface area contributed by atoms with Gasteiger partial charge < -0.3 is 25.4 Å². The van der Waals surface area contributed by atoms with E-state index in [2.05, 4.69) is 4.90 Å². The number of carboxylic acid groups (broad SMARTS) is 1. The first-order chi connectivity index (χ1) is 8.61. The highest BCUT2D eigenvalue weighted by atomic mass is 16.5. The van der Waals surface area contributed by atoms with E-state index < -0.39 is 6.09 Å². The van der Waals surface area contributed by atoms with Crippen molar-refractivity contribution in [3.8, 4) is 5.75 Å². The highest BCUT2D eigenvalue weighted by Crippen LogP contribution is 2.27. The number of nitrogen functional groups attached to an aromatic ring is 1. The fourth-order valence-electron chi connectivity index (χ4n) is 2.07. The smallest absolute Gasteiger partial charge is 0.407 e. The molecule has 0 unspecified atom stereocenters. The summed E-state index contributed by atoms with van der Waals surface area (Å²) in [7, 11) is 1.58. The van der Waals surface area contributed by atoms with Crippen molar-refractivity contribution in [2.24, 2.45) is 0 Å². The summed E-state index contributed by atoms with van der Waals surface area (Å²) in [6, 6.07) is 5.62. The average Bonchev–Trinajstić information content (AvgIpc) is 2.38. The minimum absolute atomic E-state index is 0.515. The van der Waals surface area contributed by atoms with Gasteiger partial charge in [-0.15, -0.1) is 0 Å². The lowest BCUT2D eigenvalue weighted by Gasteiger charge is -2.34. The first-order valence-electron chi connectivity index (χ1n) is 5.78. The first kappa shape index (κ1) is 12.3. The number of hydrogen-bond donors (Lipinski definition) is 2. The van der Waals surface area contributed by atoms with Crippen LogP contribution in [-0.4, -0.2) is 49.4 Å². The molecule has 0 atom stereocenters. The minimum Gasteiger partial charge on any atom is -0.495 e. The number of hydrogen-bond acceptors (Lipinski definition) is 4. The van der Waals surface area contributed by atoms with Gasteiger partial charge in [0.1, 0.15) is 5.75 Å². The predicted octanol–water partition coefficient (Wildman–Crippen LogP) is 1.08. The lowest BCUT2D eigenvalue weighted by Crippen LogP contribution is -2.48. The summed E-state index contributed by atoms with van der Waals surface area (Å²) in [5.41, 5.74) is 7.45. The number of rotatable bonds is 2. The molecule has 1 aliphatic heterocycles. The van der Waals surface area contributed by atoms with Crippen LogP contribution in [0.5, 0.6) is 5.75 Å². The third-order valence-electron chi connectivity index (χ3n) is 3.13. The Hall–Kier alpha value is -2.11. The topological polar surface area (TPSA) is 79.0 Å². The molecule has 1 aromatic carbocycles. The number of ether oxygens (including phenoxy) is 1. The number of carbonyl (C=O) groups is 1. The van der Waals surface area contributed by atoms with E-state index >= 15 is 0 Å². The number of amides is 1. The average molecular weight is 251 g/mol. The van der Waals surface area contributed by atoms with Crippen molar-refractivity contribution in [2.45, 2.75) is 0 Å². The summed E-state index contributed by atoms with van der Waals surface area (Å²) in [5.74, 6) is 0.655. The molecule has 0 spiro atoms. The molecule has 0 radical (unpaired) electrons. The molecule has 1 heterocycles. The molecular formula is C12H17N3O3. The fourth-order valence-corrected chi connectivity index (χ4v) is 2.07. The highest BCUT2D eigenvalue weighted by molar-refractivity contribution is 5.66. The summed E-state index contributed by atoms with van der Waals surface area (Å²) < 4.78 is 5.11. The normalized spacial score (nSPS) is 15.6. The van der Waals surface area contributed by atoms with Gasteiger partial charge in [0.15, 0.2) is 0 Å². The van der Waals surface area contributed by atoms with Crippen LogP contribution in [0.4, 0.5) is 16.2 Å².